The number of rotatable bonds is 2. The quantitative estimate of drug-likeness (QED) is 0.759. The first-order valence-electron chi connectivity index (χ1n) is 3.52. The molecule has 0 aliphatic carbocycles. The Hall–Kier alpha value is 0.220. The molecule has 1 fully saturated rings. The van der Waals surface area contributed by atoms with Gasteiger partial charge in [-0.2, -0.15) is 0 Å². The fraction of sp³-hybridized carbons (Fsp3) is 0.333. The highest BCUT2D eigenvalue weighted by Gasteiger charge is 2.18. The van der Waals surface area contributed by atoms with Gasteiger partial charge in [0, 0.05) is 12.3 Å². The summed E-state index contributed by atoms with van der Waals surface area (Å²) in [5, 5.41) is 22.4. The lowest BCUT2D eigenvalue weighted by molar-refractivity contribution is -0.000417. The lowest BCUT2D eigenvalue weighted by atomic mass is 10.4. The topological polar surface area (TPSA) is 58.6 Å². The number of hydroxylamine groups is 2. The third kappa shape index (κ3) is 2.85. The van der Waals surface area contributed by atoms with Crippen LogP contribution in [0.25, 0.3) is 0 Å². The summed E-state index contributed by atoms with van der Waals surface area (Å²) in [6.45, 7) is 0.696. The van der Waals surface area contributed by atoms with Crippen molar-refractivity contribution < 1.29 is 5.21 Å². The van der Waals surface area contributed by atoms with Crippen molar-refractivity contribution in [2.24, 2.45) is 0 Å². The van der Waals surface area contributed by atoms with Gasteiger partial charge in [-0.3, -0.25) is 5.21 Å². The van der Waals surface area contributed by atoms with Crippen molar-refractivity contribution in [3.63, 3.8) is 0 Å². The van der Waals surface area contributed by atoms with Crippen LogP contribution < -0.4 is 5.32 Å². The van der Waals surface area contributed by atoms with Crippen LogP contribution in [0.3, 0.4) is 0 Å². The number of allylic oxidation sites excluding steroid dienone is 1. The maximum Gasteiger partial charge on any atom is 0.127 e. The third-order valence-electron chi connectivity index (χ3n) is 1.41. The Morgan fingerprint density at radius 3 is 2.50 bits per heavy atom. The van der Waals surface area contributed by atoms with Crippen molar-refractivity contribution in [1.29, 1.82) is 0 Å². The van der Waals surface area contributed by atoms with Crippen LogP contribution in [-0.2, 0) is 0 Å². The molecule has 1 saturated heterocycles. The molecule has 1 rings (SSSR count). The number of thioether (sulfide) groups is 1. The van der Waals surface area contributed by atoms with E-state index in [0.29, 0.717) is 11.6 Å². The van der Waals surface area contributed by atoms with Crippen molar-refractivity contribution in [2.45, 2.75) is 0 Å². The molecule has 14 heavy (non-hydrogen) atoms. The van der Waals surface area contributed by atoms with Crippen molar-refractivity contribution in [1.82, 2.24) is 10.5 Å². The van der Waals surface area contributed by atoms with Gasteiger partial charge in [0.25, 0.3) is 0 Å². The maximum atomic E-state index is 10.8. The first-order valence-corrected chi connectivity index (χ1v) is 5.64. The molecule has 0 aromatic carbocycles. The van der Waals surface area contributed by atoms with Crippen molar-refractivity contribution in [2.75, 3.05) is 12.3 Å². The monoisotopic (exact) mass is 275 g/mol. The largest absolute Gasteiger partial charge is 0.733 e. The second-order valence-electron chi connectivity index (χ2n) is 2.30. The number of hydrogen-bond acceptors (Lipinski definition) is 5. The van der Waals surface area contributed by atoms with Crippen LogP contribution in [0, 0.1) is 5.21 Å². The lowest BCUT2D eigenvalue weighted by Crippen LogP contribution is -2.17. The molecule has 0 amide bonds. The molecule has 0 radical (unpaired) electrons. The summed E-state index contributed by atoms with van der Waals surface area (Å²) in [5.74, 6) is 0.788. The molecule has 1 aliphatic rings. The third-order valence-corrected chi connectivity index (χ3v) is 3.39. The molecule has 80 valence electrons. The van der Waals surface area contributed by atoms with E-state index in [1.54, 1.807) is 0 Å². The molecule has 0 saturated carbocycles. The Morgan fingerprint density at radius 2 is 2.14 bits per heavy atom. The van der Waals surface area contributed by atoms with Crippen LogP contribution in [0.1, 0.15) is 0 Å². The Labute approximate surface area is 100 Å². The fourth-order valence-electron chi connectivity index (χ4n) is 0.881. The van der Waals surface area contributed by atoms with E-state index in [-0.39, 0.29) is 20.4 Å². The molecule has 0 aromatic heterocycles. The van der Waals surface area contributed by atoms with E-state index in [4.69, 9.17) is 40.0 Å². The Morgan fingerprint density at radius 1 is 1.50 bits per heavy atom. The Kier molecular flexibility index (Phi) is 4.69. The number of hydrogen-bond donors (Lipinski definition) is 2. The zero-order valence-electron chi connectivity index (χ0n) is 6.76. The van der Waals surface area contributed by atoms with Crippen molar-refractivity contribution in [3.05, 3.63) is 25.5 Å². The van der Waals surface area contributed by atoms with Gasteiger partial charge in [0.2, 0.25) is 0 Å². The summed E-state index contributed by atoms with van der Waals surface area (Å²) in [5.41, 5.74) is -0.158. The molecule has 0 atom stereocenters. The van der Waals surface area contributed by atoms with E-state index in [9.17, 15) is 5.21 Å². The minimum Gasteiger partial charge on any atom is -0.733 e. The second-order valence-corrected chi connectivity index (χ2v) is 4.73. The Balaban J connectivity index is 3.07. The minimum absolute atomic E-state index is 0.158. The average molecular weight is 277 g/mol. The van der Waals surface area contributed by atoms with Gasteiger partial charge >= 0.3 is 0 Å². The van der Waals surface area contributed by atoms with Gasteiger partial charge < -0.3 is 15.8 Å². The van der Waals surface area contributed by atoms with E-state index < -0.39 is 0 Å². The molecule has 0 unspecified atom stereocenters. The van der Waals surface area contributed by atoms with Crippen LogP contribution in [0.15, 0.2) is 20.2 Å². The van der Waals surface area contributed by atoms with Crippen LogP contribution in [0.5, 0.6) is 0 Å². The molecule has 1 heterocycles. The van der Waals surface area contributed by atoms with E-state index >= 15 is 0 Å². The number of nitrogens with zero attached hydrogens (tertiary/aromatic N) is 1. The summed E-state index contributed by atoms with van der Waals surface area (Å²) >= 11 is 17.8. The van der Waals surface area contributed by atoms with E-state index in [0.717, 1.165) is 5.75 Å². The van der Waals surface area contributed by atoms with Gasteiger partial charge in [0.05, 0.1) is 10.1 Å². The minimum atomic E-state index is -0.353. The van der Waals surface area contributed by atoms with Crippen LogP contribution in [0.2, 0.25) is 0 Å². The fourth-order valence-corrected chi connectivity index (χ4v) is 2.21. The predicted octanol–water partition coefficient (Wildman–Crippen LogP) is 2.57. The van der Waals surface area contributed by atoms with Gasteiger partial charge in [0.15, 0.2) is 0 Å². The van der Waals surface area contributed by atoms with Gasteiger partial charge in [-0.1, -0.05) is 34.8 Å². The molecule has 1 aliphatic heterocycles. The summed E-state index contributed by atoms with van der Waals surface area (Å²) in [6, 6.07) is 0. The zero-order valence-corrected chi connectivity index (χ0v) is 9.84. The molecule has 0 bridgehead atoms. The lowest BCUT2D eigenvalue weighted by Gasteiger charge is -2.26. The molecular formula is C6H6Cl3N2O2S-. The number of nitrogens with one attached hydrogen (secondary N) is 1. The maximum absolute atomic E-state index is 10.8. The molecule has 8 heteroatoms. The molecular weight excluding hydrogens is 271 g/mol. The summed E-state index contributed by atoms with van der Waals surface area (Å²) in [4.78, 5) is 0. The zero-order chi connectivity index (χ0) is 10.7. The highest BCUT2D eigenvalue weighted by molar-refractivity contribution is 8.03. The van der Waals surface area contributed by atoms with E-state index in [1.807, 2.05) is 0 Å². The summed E-state index contributed by atoms with van der Waals surface area (Å²) in [7, 11) is 0. The first-order chi connectivity index (χ1) is 6.54. The highest BCUT2D eigenvalue weighted by atomic mass is 35.5. The van der Waals surface area contributed by atoms with E-state index in [2.05, 4.69) is 5.32 Å². The standard InChI is InChI=1S/C6H6Cl3N2O2S/c7-3(5(8)9)4(11(12)13)6-10-1-2-14-6/h10,12H,1-2H2/q-1/b6-4+. The smallest absolute Gasteiger partial charge is 0.127 e. The predicted molar refractivity (Wildman–Crippen MR) is 59.1 cm³/mol. The van der Waals surface area contributed by atoms with Crippen molar-refractivity contribution in [3.8, 4) is 0 Å². The SMILES string of the molecule is [O-]N(O)/C(C(Cl)=C(Cl)Cl)=C1\NCCS1. The summed E-state index contributed by atoms with van der Waals surface area (Å²) in [6.07, 6.45) is 0. The van der Waals surface area contributed by atoms with Crippen LogP contribution in [0.4, 0.5) is 0 Å². The van der Waals surface area contributed by atoms with Crippen molar-refractivity contribution >= 4 is 46.6 Å². The van der Waals surface area contributed by atoms with Gasteiger partial charge in [-0.05, 0) is 0 Å². The number of halogens is 3. The second kappa shape index (κ2) is 5.34. The highest BCUT2D eigenvalue weighted by Crippen LogP contribution is 2.33. The normalized spacial score (nSPS) is 18.9. The molecule has 2 N–H and O–H groups in total. The first kappa shape index (κ1) is 12.3. The average Bonchev–Trinajstić information content (AvgIpc) is 2.56. The summed E-state index contributed by atoms with van der Waals surface area (Å²) < 4.78 is -0.265. The molecule has 0 spiro atoms. The van der Waals surface area contributed by atoms with Crippen LogP contribution in [-0.4, -0.2) is 22.7 Å². The van der Waals surface area contributed by atoms with E-state index in [1.165, 1.54) is 11.8 Å². The van der Waals surface area contributed by atoms with Gasteiger partial charge in [-0.15, -0.1) is 11.8 Å². The molecule has 4 nitrogen and oxygen atoms in total. The van der Waals surface area contributed by atoms with Gasteiger partial charge in [0.1, 0.15) is 10.2 Å². The van der Waals surface area contributed by atoms with Gasteiger partial charge in [-0.25, -0.2) is 0 Å². The molecule has 0 aromatic rings. The Bertz CT molecular complexity index is 281. The van der Waals surface area contributed by atoms with Crippen LogP contribution >= 0.6 is 46.6 Å².